The number of carbonyl (C=O) groups excluding carboxylic acids is 1. The van der Waals surface area contributed by atoms with Gasteiger partial charge in [0.2, 0.25) is 15.9 Å². The van der Waals surface area contributed by atoms with Gasteiger partial charge in [-0.05, 0) is 56.0 Å². The third-order valence-electron chi connectivity index (χ3n) is 4.22. The molecule has 7 heteroatoms. The van der Waals surface area contributed by atoms with Crippen LogP contribution in [0.5, 0.6) is 0 Å². The molecule has 2 rings (SSSR count). The second-order valence-electron chi connectivity index (χ2n) is 6.28. The van der Waals surface area contributed by atoms with Gasteiger partial charge in [-0.3, -0.25) is 9.69 Å². The van der Waals surface area contributed by atoms with Crippen molar-refractivity contribution in [3.63, 3.8) is 0 Å². The zero-order chi connectivity index (χ0) is 16.9. The molecule has 1 amide bonds. The lowest BCUT2D eigenvalue weighted by atomic mass is 10.0. The molecule has 1 heterocycles. The SMILES string of the molecule is C[C@@H]1CCCN(CC(=O)NCc2ccc(S(N)(=O)=O)cc2)CC1. The Hall–Kier alpha value is -1.44. The van der Waals surface area contributed by atoms with Crippen molar-refractivity contribution in [1.82, 2.24) is 10.2 Å². The van der Waals surface area contributed by atoms with Crippen molar-refractivity contribution in [3.05, 3.63) is 29.8 Å². The molecular formula is C16H25N3O3S. The van der Waals surface area contributed by atoms with Crippen LogP contribution in [0, 0.1) is 5.92 Å². The molecule has 0 unspecified atom stereocenters. The van der Waals surface area contributed by atoms with E-state index in [0.717, 1.165) is 37.4 Å². The number of benzene rings is 1. The van der Waals surface area contributed by atoms with Gasteiger partial charge in [0.05, 0.1) is 11.4 Å². The highest BCUT2D eigenvalue weighted by atomic mass is 32.2. The molecule has 3 N–H and O–H groups in total. The van der Waals surface area contributed by atoms with Crippen molar-refractivity contribution in [2.24, 2.45) is 11.1 Å². The zero-order valence-electron chi connectivity index (χ0n) is 13.5. The minimum absolute atomic E-state index is 0.00456. The summed E-state index contributed by atoms with van der Waals surface area (Å²) in [5, 5.41) is 7.93. The summed E-state index contributed by atoms with van der Waals surface area (Å²) in [4.78, 5) is 14.3. The number of likely N-dealkylation sites (tertiary alicyclic amines) is 1. The average Bonchev–Trinajstić information content (AvgIpc) is 2.69. The van der Waals surface area contributed by atoms with Crippen LogP contribution in [0.25, 0.3) is 0 Å². The lowest BCUT2D eigenvalue weighted by Gasteiger charge is -2.19. The summed E-state index contributed by atoms with van der Waals surface area (Å²) >= 11 is 0. The molecule has 0 aliphatic carbocycles. The maximum absolute atomic E-state index is 12.0. The lowest BCUT2D eigenvalue weighted by molar-refractivity contribution is -0.122. The van der Waals surface area contributed by atoms with Crippen molar-refractivity contribution in [3.8, 4) is 0 Å². The van der Waals surface area contributed by atoms with E-state index >= 15 is 0 Å². The molecule has 0 aromatic heterocycles. The van der Waals surface area contributed by atoms with Crippen LogP contribution in [-0.4, -0.2) is 38.9 Å². The molecule has 1 atom stereocenters. The fourth-order valence-electron chi connectivity index (χ4n) is 2.74. The molecule has 1 aliphatic rings. The van der Waals surface area contributed by atoms with E-state index < -0.39 is 10.0 Å². The normalized spacial score (nSPS) is 20.0. The summed E-state index contributed by atoms with van der Waals surface area (Å²) in [7, 11) is -3.67. The number of rotatable bonds is 5. The highest BCUT2D eigenvalue weighted by Crippen LogP contribution is 2.16. The van der Waals surface area contributed by atoms with Gasteiger partial charge in [-0.2, -0.15) is 0 Å². The van der Waals surface area contributed by atoms with Crippen molar-refractivity contribution >= 4 is 15.9 Å². The molecule has 0 saturated carbocycles. The zero-order valence-corrected chi connectivity index (χ0v) is 14.3. The van der Waals surface area contributed by atoms with Crippen LogP contribution in [0.15, 0.2) is 29.2 Å². The van der Waals surface area contributed by atoms with Crippen molar-refractivity contribution in [2.45, 2.75) is 37.6 Å². The van der Waals surface area contributed by atoms with Gasteiger partial charge in [0.15, 0.2) is 0 Å². The van der Waals surface area contributed by atoms with E-state index in [1.54, 1.807) is 12.1 Å². The molecular weight excluding hydrogens is 314 g/mol. The molecule has 1 aromatic carbocycles. The van der Waals surface area contributed by atoms with E-state index in [-0.39, 0.29) is 10.8 Å². The molecule has 0 spiro atoms. The third-order valence-corrected chi connectivity index (χ3v) is 5.15. The lowest BCUT2D eigenvalue weighted by Crippen LogP contribution is -2.37. The van der Waals surface area contributed by atoms with Crippen LogP contribution in [0.3, 0.4) is 0 Å². The molecule has 23 heavy (non-hydrogen) atoms. The molecule has 1 saturated heterocycles. The van der Waals surface area contributed by atoms with E-state index in [1.165, 1.54) is 18.6 Å². The molecule has 0 radical (unpaired) electrons. The Balaban J connectivity index is 1.80. The number of sulfonamides is 1. The molecule has 1 aliphatic heterocycles. The fourth-order valence-corrected chi connectivity index (χ4v) is 3.25. The number of nitrogens with two attached hydrogens (primary N) is 1. The van der Waals surface area contributed by atoms with Gasteiger partial charge in [0.25, 0.3) is 0 Å². The van der Waals surface area contributed by atoms with Crippen LogP contribution in [0.2, 0.25) is 0 Å². The van der Waals surface area contributed by atoms with Gasteiger partial charge in [-0.15, -0.1) is 0 Å². The van der Waals surface area contributed by atoms with E-state index in [4.69, 9.17) is 5.14 Å². The molecule has 6 nitrogen and oxygen atoms in total. The van der Waals surface area contributed by atoms with Gasteiger partial charge in [0, 0.05) is 6.54 Å². The minimum atomic E-state index is -3.67. The summed E-state index contributed by atoms with van der Waals surface area (Å²) in [6.07, 6.45) is 3.51. The Morgan fingerprint density at radius 3 is 2.61 bits per heavy atom. The van der Waals surface area contributed by atoms with Crippen LogP contribution in [-0.2, 0) is 21.4 Å². The van der Waals surface area contributed by atoms with Crippen LogP contribution < -0.4 is 10.5 Å². The smallest absolute Gasteiger partial charge is 0.238 e. The van der Waals surface area contributed by atoms with Crippen LogP contribution in [0.1, 0.15) is 31.7 Å². The predicted octanol–water partition coefficient (Wildman–Crippen LogP) is 1.07. The first-order valence-corrected chi connectivity index (χ1v) is 9.50. The highest BCUT2D eigenvalue weighted by molar-refractivity contribution is 7.89. The van der Waals surface area contributed by atoms with E-state index in [1.807, 2.05) is 0 Å². The van der Waals surface area contributed by atoms with Crippen molar-refractivity contribution < 1.29 is 13.2 Å². The molecule has 128 valence electrons. The quantitative estimate of drug-likeness (QED) is 0.839. The summed E-state index contributed by atoms with van der Waals surface area (Å²) in [5.74, 6) is 0.732. The Morgan fingerprint density at radius 1 is 1.26 bits per heavy atom. The van der Waals surface area contributed by atoms with E-state index in [9.17, 15) is 13.2 Å². The largest absolute Gasteiger partial charge is 0.351 e. The first-order chi connectivity index (χ1) is 10.8. The molecule has 0 bridgehead atoms. The molecule has 1 aromatic rings. The summed E-state index contributed by atoms with van der Waals surface area (Å²) in [5.41, 5.74) is 0.843. The summed E-state index contributed by atoms with van der Waals surface area (Å²) in [6, 6.07) is 6.22. The maximum atomic E-state index is 12.0. The van der Waals surface area contributed by atoms with Crippen molar-refractivity contribution in [1.29, 1.82) is 0 Å². The van der Waals surface area contributed by atoms with Gasteiger partial charge in [-0.1, -0.05) is 19.1 Å². The van der Waals surface area contributed by atoms with Crippen molar-refractivity contribution in [2.75, 3.05) is 19.6 Å². The second kappa shape index (κ2) is 7.90. The maximum Gasteiger partial charge on any atom is 0.238 e. The number of amides is 1. The number of nitrogens with zero attached hydrogens (tertiary/aromatic N) is 1. The Kier molecular flexibility index (Phi) is 6.15. The Morgan fingerprint density at radius 2 is 1.96 bits per heavy atom. The number of hydrogen-bond acceptors (Lipinski definition) is 4. The third kappa shape index (κ3) is 5.93. The van der Waals surface area contributed by atoms with E-state index in [0.29, 0.717) is 13.1 Å². The number of primary sulfonamides is 1. The highest BCUT2D eigenvalue weighted by Gasteiger charge is 2.16. The van der Waals surface area contributed by atoms with Gasteiger partial charge >= 0.3 is 0 Å². The summed E-state index contributed by atoms with van der Waals surface area (Å²) < 4.78 is 22.4. The van der Waals surface area contributed by atoms with Gasteiger partial charge < -0.3 is 5.32 Å². The Labute approximate surface area is 138 Å². The number of carbonyl (C=O) groups is 1. The van der Waals surface area contributed by atoms with Gasteiger partial charge in [0.1, 0.15) is 0 Å². The van der Waals surface area contributed by atoms with Crippen LogP contribution in [0.4, 0.5) is 0 Å². The average molecular weight is 339 g/mol. The first kappa shape index (κ1) is 17.9. The van der Waals surface area contributed by atoms with Gasteiger partial charge in [-0.25, -0.2) is 13.6 Å². The van der Waals surface area contributed by atoms with E-state index in [2.05, 4.69) is 17.1 Å². The number of nitrogens with one attached hydrogen (secondary N) is 1. The minimum Gasteiger partial charge on any atom is -0.351 e. The first-order valence-electron chi connectivity index (χ1n) is 7.95. The summed E-state index contributed by atoms with van der Waals surface area (Å²) in [6.45, 7) is 5.00. The standard InChI is InChI=1S/C16H25N3O3S/c1-13-3-2-9-19(10-8-13)12-16(20)18-11-14-4-6-15(7-5-14)23(17,21)22/h4-7,13H,2-3,8-12H2,1H3,(H,18,20)(H2,17,21,22)/t13-/m1/s1. The van der Waals surface area contributed by atoms with Crippen LogP contribution >= 0.6 is 0 Å². The Bertz CT molecular complexity index is 628. The second-order valence-corrected chi connectivity index (χ2v) is 7.84. The monoisotopic (exact) mass is 339 g/mol. The molecule has 1 fully saturated rings. The fraction of sp³-hybridized carbons (Fsp3) is 0.562. The predicted molar refractivity (Wildman–Crippen MR) is 89.1 cm³/mol. The topological polar surface area (TPSA) is 92.5 Å². The number of hydrogen-bond donors (Lipinski definition) is 2.